The smallest absolute Gasteiger partial charge is 0.305 e. The van der Waals surface area contributed by atoms with Crippen LogP contribution in [0.1, 0.15) is 19.3 Å². The number of aliphatic hydroxyl groups excluding tert-OH is 1. The number of aliphatic hydroxyl groups is 1. The Bertz CT molecular complexity index is 185. The van der Waals surface area contributed by atoms with Crippen molar-refractivity contribution in [2.24, 2.45) is 5.92 Å². The topological polar surface area (TPSA) is 57.5 Å². The normalized spacial score (nSPS) is 24.6. The van der Waals surface area contributed by atoms with Gasteiger partial charge in [-0.15, -0.1) is 0 Å². The van der Waals surface area contributed by atoms with Gasteiger partial charge >= 0.3 is 5.97 Å². The molecule has 0 aromatic carbocycles. The highest BCUT2D eigenvalue weighted by Crippen LogP contribution is 2.44. The molecule has 0 spiro atoms. The number of carboxylic acid groups (broad SMARTS) is 1. The van der Waals surface area contributed by atoms with Crippen molar-refractivity contribution in [3.05, 3.63) is 0 Å². The Labute approximate surface area is 68.0 Å². The molecule has 70 valence electrons. The molecule has 0 amide bonds. The third-order valence-corrected chi connectivity index (χ3v) is 2.05. The predicted octanol–water partition coefficient (Wildman–Crippen LogP) is 0.867. The van der Waals surface area contributed by atoms with Crippen LogP contribution in [0, 0.1) is 5.92 Å². The van der Waals surface area contributed by atoms with Crippen molar-refractivity contribution in [3.63, 3.8) is 0 Å². The van der Waals surface area contributed by atoms with Crippen LogP contribution in [0.4, 0.5) is 8.78 Å². The summed E-state index contributed by atoms with van der Waals surface area (Å²) in [5.74, 6) is -4.39. The fourth-order valence-corrected chi connectivity index (χ4v) is 1.33. The molecule has 0 aromatic heterocycles. The van der Waals surface area contributed by atoms with Crippen LogP contribution in [0.25, 0.3) is 0 Å². The van der Waals surface area contributed by atoms with Gasteiger partial charge in [-0.3, -0.25) is 4.79 Å². The zero-order valence-corrected chi connectivity index (χ0v) is 6.33. The lowest BCUT2D eigenvalue weighted by atomic mass is 9.77. The van der Waals surface area contributed by atoms with E-state index in [4.69, 9.17) is 10.2 Å². The minimum atomic E-state index is -2.69. The van der Waals surface area contributed by atoms with Crippen molar-refractivity contribution < 1.29 is 23.8 Å². The van der Waals surface area contributed by atoms with Crippen LogP contribution >= 0.6 is 0 Å². The average molecular weight is 180 g/mol. The zero-order chi connectivity index (χ0) is 9.35. The van der Waals surface area contributed by atoms with Crippen LogP contribution in [0.3, 0.4) is 0 Å². The highest BCUT2D eigenvalue weighted by molar-refractivity contribution is 5.67. The molecule has 2 N–H and O–H groups in total. The monoisotopic (exact) mass is 180 g/mol. The number of carbonyl (C=O) groups is 1. The average Bonchev–Trinajstić information content (AvgIpc) is 1.80. The molecule has 12 heavy (non-hydrogen) atoms. The van der Waals surface area contributed by atoms with Gasteiger partial charge in [-0.1, -0.05) is 0 Å². The Morgan fingerprint density at radius 2 is 2.08 bits per heavy atom. The summed E-state index contributed by atoms with van der Waals surface area (Å²) in [7, 11) is 0. The summed E-state index contributed by atoms with van der Waals surface area (Å²) in [5.41, 5.74) is 0. The van der Waals surface area contributed by atoms with Gasteiger partial charge < -0.3 is 10.2 Å². The van der Waals surface area contributed by atoms with Crippen LogP contribution in [0.2, 0.25) is 0 Å². The van der Waals surface area contributed by atoms with Gasteiger partial charge in [0.1, 0.15) is 0 Å². The second-order valence-electron chi connectivity index (χ2n) is 3.19. The second kappa shape index (κ2) is 2.97. The van der Waals surface area contributed by atoms with Gasteiger partial charge in [-0.25, -0.2) is 8.78 Å². The third-order valence-electron chi connectivity index (χ3n) is 2.05. The predicted molar refractivity (Wildman–Crippen MR) is 35.9 cm³/mol. The van der Waals surface area contributed by atoms with Crippen molar-refractivity contribution in [2.75, 3.05) is 0 Å². The Morgan fingerprint density at radius 3 is 2.42 bits per heavy atom. The summed E-state index contributed by atoms with van der Waals surface area (Å²) >= 11 is 0. The first-order chi connectivity index (χ1) is 5.41. The SMILES string of the molecule is O=C(O)CC(O)C1CC(F)(F)C1. The maximum atomic E-state index is 12.2. The first kappa shape index (κ1) is 9.38. The van der Waals surface area contributed by atoms with E-state index in [1.165, 1.54) is 0 Å². The quantitative estimate of drug-likeness (QED) is 0.677. The number of halogens is 2. The largest absolute Gasteiger partial charge is 0.481 e. The summed E-state index contributed by atoms with van der Waals surface area (Å²) in [6.07, 6.45) is -2.34. The molecule has 0 aromatic rings. The van der Waals surface area contributed by atoms with E-state index in [1.54, 1.807) is 0 Å². The molecular formula is C7H10F2O3. The number of rotatable bonds is 3. The Morgan fingerprint density at radius 1 is 1.58 bits per heavy atom. The van der Waals surface area contributed by atoms with Crippen LogP contribution in [0.15, 0.2) is 0 Å². The Kier molecular flexibility index (Phi) is 2.32. The first-order valence-corrected chi connectivity index (χ1v) is 3.68. The summed E-state index contributed by atoms with van der Waals surface area (Å²) in [6.45, 7) is 0. The van der Waals surface area contributed by atoms with E-state index in [2.05, 4.69) is 0 Å². The molecule has 1 rings (SSSR count). The van der Waals surface area contributed by atoms with Crippen molar-refractivity contribution in [1.29, 1.82) is 0 Å². The van der Waals surface area contributed by atoms with Gasteiger partial charge in [0.05, 0.1) is 12.5 Å². The number of carboxylic acids is 1. The van der Waals surface area contributed by atoms with E-state index in [-0.39, 0.29) is 12.8 Å². The van der Waals surface area contributed by atoms with Gasteiger partial charge in [-0.05, 0) is 5.92 Å². The molecule has 1 fully saturated rings. The molecule has 0 bridgehead atoms. The molecule has 0 radical (unpaired) electrons. The van der Waals surface area contributed by atoms with Crippen molar-refractivity contribution in [1.82, 2.24) is 0 Å². The standard InChI is InChI=1S/C7H10F2O3/c8-7(9)2-4(3-7)5(10)1-6(11)12/h4-5,10H,1-3H2,(H,11,12). The minimum absolute atomic E-state index is 0.387. The lowest BCUT2D eigenvalue weighted by Gasteiger charge is -2.37. The highest BCUT2D eigenvalue weighted by Gasteiger charge is 2.48. The van der Waals surface area contributed by atoms with Gasteiger partial charge in [0.15, 0.2) is 0 Å². The molecule has 1 aliphatic rings. The molecule has 0 aliphatic heterocycles. The van der Waals surface area contributed by atoms with Crippen LogP contribution in [-0.4, -0.2) is 28.2 Å². The molecule has 1 aliphatic carbocycles. The fraction of sp³-hybridized carbons (Fsp3) is 0.857. The van der Waals surface area contributed by atoms with E-state index >= 15 is 0 Å². The third kappa shape index (κ3) is 2.14. The molecule has 3 nitrogen and oxygen atoms in total. The van der Waals surface area contributed by atoms with Crippen LogP contribution in [0.5, 0.6) is 0 Å². The molecule has 1 atom stereocenters. The van der Waals surface area contributed by atoms with Gasteiger partial charge in [0, 0.05) is 12.8 Å². The zero-order valence-electron chi connectivity index (χ0n) is 6.33. The van der Waals surface area contributed by atoms with Crippen molar-refractivity contribution in [2.45, 2.75) is 31.3 Å². The maximum Gasteiger partial charge on any atom is 0.305 e. The Hall–Kier alpha value is -0.710. The highest BCUT2D eigenvalue weighted by atomic mass is 19.3. The molecule has 1 unspecified atom stereocenters. The summed E-state index contributed by atoms with van der Waals surface area (Å²) < 4.78 is 24.5. The molecule has 0 heterocycles. The summed E-state index contributed by atoms with van der Waals surface area (Å²) in [5, 5.41) is 17.3. The van der Waals surface area contributed by atoms with Gasteiger partial charge in [0.2, 0.25) is 5.92 Å². The fourth-order valence-electron chi connectivity index (χ4n) is 1.33. The van der Waals surface area contributed by atoms with Gasteiger partial charge in [0.25, 0.3) is 0 Å². The summed E-state index contributed by atoms with van der Waals surface area (Å²) in [6, 6.07) is 0. The van der Waals surface area contributed by atoms with E-state index in [1.807, 2.05) is 0 Å². The van der Waals surface area contributed by atoms with E-state index in [0.717, 1.165) is 0 Å². The Balaban J connectivity index is 2.28. The van der Waals surface area contributed by atoms with E-state index in [0.29, 0.717) is 0 Å². The first-order valence-electron chi connectivity index (χ1n) is 3.68. The number of hydrogen-bond acceptors (Lipinski definition) is 2. The maximum absolute atomic E-state index is 12.2. The molecule has 1 saturated carbocycles. The van der Waals surface area contributed by atoms with Crippen molar-refractivity contribution >= 4 is 5.97 Å². The molecule has 5 heteroatoms. The van der Waals surface area contributed by atoms with Crippen LogP contribution < -0.4 is 0 Å². The van der Waals surface area contributed by atoms with Gasteiger partial charge in [-0.2, -0.15) is 0 Å². The lowest BCUT2D eigenvalue weighted by molar-refractivity contribution is -0.155. The van der Waals surface area contributed by atoms with E-state index < -0.39 is 30.3 Å². The lowest BCUT2D eigenvalue weighted by Crippen LogP contribution is -2.42. The second-order valence-corrected chi connectivity index (χ2v) is 3.19. The molecule has 0 saturated heterocycles. The molecular weight excluding hydrogens is 170 g/mol. The minimum Gasteiger partial charge on any atom is -0.481 e. The van der Waals surface area contributed by atoms with Crippen LogP contribution in [-0.2, 0) is 4.79 Å². The van der Waals surface area contributed by atoms with E-state index in [9.17, 15) is 13.6 Å². The number of alkyl halides is 2. The number of hydrogen-bond donors (Lipinski definition) is 2. The summed E-state index contributed by atoms with van der Waals surface area (Å²) in [4.78, 5) is 10.1. The number of aliphatic carboxylic acids is 1. The van der Waals surface area contributed by atoms with Crippen molar-refractivity contribution in [3.8, 4) is 0 Å².